The fourth-order valence-electron chi connectivity index (χ4n) is 6.42. The first-order valence-electron chi connectivity index (χ1n) is 11.4. The van der Waals surface area contributed by atoms with Gasteiger partial charge in [0.2, 0.25) is 0 Å². The average Bonchev–Trinajstić information content (AvgIpc) is 2.73. The van der Waals surface area contributed by atoms with E-state index in [1.54, 1.807) is 7.11 Å². The molecule has 2 aliphatic carbocycles. The summed E-state index contributed by atoms with van der Waals surface area (Å²) in [7, 11) is 1.68. The number of methoxy groups -OCH3 is 1. The Morgan fingerprint density at radius 3 is 2.23 bits per heavy atom. The fraction of sp³-hybridized carbons (Fsp3) is 0.429. The van der Waals surface area contributed by atoms with E-state index in [1.807, 2.05) is 12.1 Å². The Balaban J connectivity index is 1.89. The van der Waals surface area contributed by atoms with Crippen LogP contribution in [-0.4, -0.2) is 12.2 Å². The van der Waals surface area contributed by atoms with Crippen molar-refractivity contribution in [2.75, 3.05) is 7.11 Å². The molecule has 1 spiro atoms. The Labute approximate surface area is 179 Å². The second-order valence-electron chi connectivity index (χ2n) is 9.75. The van der Waals surface area contributed by atoms with Crippen molar-refractivity contribution in [3.63, 3.8) is 0 Å². The first-order chi connectivity index (χ1) is 14.5. The molecule has 0 amide bonds. The van der Waals surface area contributed by atoms with Crippen molar-refractivity contribution in [1.29, 1.82) is 0 Å². The van der Waals surface area contributed by atoms with Crippen LogP contribution in [0.1, 0.15) is 69.9 Å². The lowest BCUT2D eigenvalue weighted by atomic mass is 9.50. The van der Waals surface area contributed by atoms with Crippen molar-refractivity contribution in [1.82, 2.24) is 0 Å². The molecule has 0 aromatic heterocycles. The van der Waals surface area contributed by atoms with Crippen LogP contribution in [0.25, 0.3) is 21.9 Å². The van der Waals surface area contributed by atoms with E-state index >= 15 is 0 Å². The maximum atomic E-state index is 11.1. The summed E-state index contributed by atoms with van der Waals surface area (Å²) in [6, 6.07) is 17.2. The van der Waals surface area contributed by atoms with Crippen LogP contribution < -0.4 is 4.74 Å². The molecule has 0 bridgehead atoms. The number of benzene rings is 3. The molecule has 0 unspecified atom stereocenters. The van der Waals surface area contributed by atoms with Gasteiger partial charge in [0, 0.05) is 10.8 Å². The van der Waals surface area contributed by atoms with Crippen molar-refractivity contribution < 1.29 is 9.84 Å². The summed E-state index contributed by atoms with van der Waals surface area (Å²) in [5.74, 6) is 1.15. The largest absolute Gasteiger partial charge is 0.507 e. The van der Waals surface area contributed by atoms with Crippen LogP contribution >= 0.6 is 0 Å². The van der Waals surface area contributed by atoms with Crippen molar-refractivity contribution >= 4 is 10.8 Å². The maximum absolute atomic E-state index is 11.1. The Morgan fingerprint density at radius 2 is 1.50 bits per heavy atom. The summed E-state index contributed by atoms with van der Waals surface area (Å²) in [4.78, 5) is 0. The first-order valence-corrected chi connectivity index (χ1v) is 11.4. The van der Waals surface area contributed by atoms with E-state index in [2.05, 4.69) is 50.2 Å². The van der Waals surface area contributed by atoms with Crippen molar-refractivity contribution in [3.8, 4) is 22.6 Å². The molecule has 2 heteroatoms. The predicted molar refractivity (Wildman–Crippen MR) is 125 cm³/mol. The molecule has 30 heavy (non-hydrogen) atoms. The Bertz CT molecular complexity index is 1100. The quantitative estimate of drug-likeness (QED) is 0.458. The van der Waals surface area contributed by atoms with Crippen LogP contribution in [0.5, 0.6) is 11.5 Å². The van der Waals surface area contributed by atoms with Crippen LogP contribution in [0.15, 0.2) is 48.5 Å². The van der Waals surface area contributed by atoms with E-state index in [0.29, 0.717) is 5.75 Å². The molecule has 5 rings (SSSR count). The van der Waals surface area contributed by atoms with E-state index in [4.69, 9.17) is 4.74 Å². The third kappa shape index (κ3) is 2.62. The Kier molecular flexibility index (Phi) is 4.57. The summed E-state index contributed by atoms with van der Waals surface area (Å²) in [6.45, 7) is 4.87. The number of phenolic OH excluding ortho intramolecular Hbond substituents is 1. The van der Waals surface area contributed by atoms with Gasteiger partial charge in [-0.3, -0.25) is 0 Å². The van der Waals surface area contributed by atoms with E-state index in [0.717, 1.165) is 16.5 Å². The predicted octanol–water partition coefficient (Wildman–Crippen LogP) is 7.49. The van der Waals surface area contributed by atoms with Gasteiger partial charge in [0.25, 0.3) is 0 Å². The van der Waals surface area contributed by atoms with Crippen LogP contribution in [0.4, 0.5) is 0 Å². The van der Waals surface area contributed by atoms with E-state index in [9.17, 15) is 5.11 Å². The fourth-order valence-corrected chi connectivity index (χ4v) is 6.42. The number of aromatic hydroxyl groups is 1. The van der Waals surface area contributed by atoms with Crippen LogP contribution in [-0.2, 0) is 10.8 Å². The molecule has 3 aromatic carbocycles. The summed E-state index contributed by atoms with van der Waals surface area (Å²) >= 11 is 0. The van der Waals surface area contributed by atoms with Gasteiger partial charge in [0.15, 0.2) is 0 Å². The van der Waals surface area contributed by atoms with Gasteiger partial charge in [-0.1, -0.05) is 70.2 Å². The maximum Gasteiger partial charge on any atom is 0.123 e. The van der Waals surface area contributed by atoms with Gasteiger partial charge in [0.1, 0.15) is 11.5 Å². The first kappa shape index (κ1) is 19.5. The monoisotopic (exact) mass is 400 g/mol. The highest BCUT2D eigenvalue weighted by molar-refractivity contribution is 6.04. The molecule has 0 atom stereocenters. The molecule has 1 N–H and O–H groups in total. The lowest BCUT2D eigenvalue weighted by molar-refractivity contribution is 0.190. The number of rotatable bonds is 1. The lowest BCUT2D eigenvalue weighted by Gasteiger charge is -2.53. The zero-order chi connectivity index (χ0) is 20.9. The minimum atomic E-state index is 0.0144. The summed E-state index contributed by atoms with van der Waals surface area (Å²) in [5, 5.41) is 13.2. The summed E-state index contributed by atoms with van der Waals surface area (Å²) in [6.07, 6.45) is 8.85. The van der Waals surface area contributed by atoms with Crippen LogP contribution in [0.2, 0.25) is 0 Å². The number of hydrogen-bond donors (Lipinski definition) is 1. The summed E-state index contributed by atoms with van der Waals surface area (Å²) in [5.41, 5.74) is 5.49. The standard InChI is InChI=1S/C28H32O2/c1-27(2)23-12-8-7-11-21(23)26-20-14-13-19(30-3)17-22(20)25(29)18-24(26)28(27)15-9-5-4-6-10-16-28/h7-8,11-14,17-18,29H,4-6,9-10,15-16H2,1-3H3. The minimum Gasteiger partial charge on any atom is -0.507 e. The molecule has 0 radical (unpaired) electrons. The topological polar surface area (TPSA) is 29.5 Å². The summed E-state index contributed by atoms with van der Waals surface area (Å²) < 4.78 is 5.45. The van der Waals surface area contributed by atoms with E-state index in [-0.39, 0.29) is 10.8 Å². The Hall–Kier alpha value is -2.48. The average molecular weight is 401 g/mol. The number of hydrogen-bond acceptors (Lipinski definition) is 2. The van der Waals surface area contributed by atoms with Crippen LogP contribution in [0.3, 0.4) is 0 Å². The van der Waals surface area contributed by atoms with Gasteiger partial charge >= 0.3 is 0 Å². The molecule has 0 aliphatic heterocycles. The zero-order valence-corrected chi connectivity index (χ0v) is 18.4. The normalized spacial score (nSPS) is 19.6. The minimum absolute atomic E-state index is 0.0144. The lowest BCUT2D eigenvalue weighted by Crippen LogP contribution is -2.48. The number of fused-ring (bicyclic) bond motifs is 6. The highest BCUT2D eigenvalue weighted by Crippen LogP contribution is 2.61. The Morgan fingerprint density at radius 1 is 0.800 bits per heavy atom. The molecular weight excluding hydrogens is 368 g/mol. The molecule has 1 saturated carbocycles. The third-order valence-corrected chi connectivity index (χ3v) is 8.11. The smallest absolute Gasteiger partial charge is 0.123 e. The SMILES string of the molecule is COc1ccc2c3c(cc(O)c2c1)C1(CCCCCCC1)C(C)(C)c1ccccc1-3. The van der Waals surface area contributed by atoms with Gasteiger partial charge in [-0.05, 0) is 70.2 Å². The highest BCUT2D eigenvalue weighted by Gasteiger charge is 2.51. The van der Waals surface area contributed by atoms with Gasteiger partial charge in [-0.15, -0.1) is 0 Å². The van der Waals surface area contributed by atoms with Gasteiger partial charge in [0.05, 0.1) is 7.11 Å². The molecular formula is C28H32O2. The highest BCUT2D eigenvalue weighted by atomic mass is 16.5. The number of phenols is 1. The van der Waals surface area contributed by atoms with Crippen molar-refractivity contribution in [2.45, 2.75) is 69.6 Å². The molecule has 0 heterocycles. The molecule has 0 saturated heterocycles. The molecule has 156 valence electrons. The number of ether oxygens (including phenoxy) is 1. The van der Waals surface area contributed by atoms with E-state index in [1.165, 1.54) is 67.2 Å². The molecule has 2 nitrogen and oxygen atoms in total. The second-order valence-corrected chi connectivity index (χ2v) is 9.75. The zero-order valence-electron chi connectivity index (χ0n) is 18.4. The third-order valence-electron chi connectivity index (χ3n) is 8.11. The van der Waals surface area contributed by atoms with Gasteiger partial charge in [-0.2, -0.15) is 0 Å². The van der Waals surface area contributed by atoms with E-state index < -0.39 is 0 Å². The van der Waals surface area contributed by atoms with Crippen LogP contribution in [0, 0.1) is 0 Å². The molecule has 3 aromatic rings. The molecule has 2 aliphatic rings. The van der Waals surface area contributed by atoms with Crippen molar-refractivity contribution in [3.05, 3.63) is 59.7 Å². The van der Waals surface area contributed by atoms with Gasteiger partial charge < -0.3 is 9.84 Å². The second kappa shape index (κ2) is 7.04. The van der Waals surface area contributed by atoms with Crippen molar-refractivity contribution in [2.24, 2.45) is 0 Å². The van der Waals surface area contributed by atoms with Gasteiger partial charge in [-0.25, -0.2) is 0 Å². The molecule has 1 fully saturated rings.